The van der Waals surface area contributed by atoms with E-state index in [4.69, 9.17) is 0 Å². The van der Waals surface area contributed by atoms with Crippen molar-refractivity contribution >= 4 is 5.69 Å². The topological polar surface area (TPSA) is 12.0 Å². The van der Waals surface area contributed by atoms with E-state index in [2.05, 4.69) is 5.32 Å². The highest BCUT2D eigenvalue weighted by atomic mass is 19.4. The normalized spacial score (nSPS) is 20.4. The van der Waals surface area contributed by atoms with Crippen molar-refractivity contribution < 1.29 is 13.2 Å². The van der Waals surface area contributed by atoms with E-state index in [1.54, 1.807) is 6.07 Å². The molecule has 0 amide bonds. The Morgan fingerprint density at radius 1 is 1.36 bits per heavy atom. The second-order valence-corrected chi connectivity index (χ2v) is 3.58. The largest absolute Gasteiger partial charge is 0.416 e. The first-order chi connectivity index (χ1) is 6.48. The summed E-state index contributed by atoms with van der Waals surface area (Å²) < 4.78 is 37.6. The molecule has 1 aromatic carbocycles. The van der Waals surface area contributed by atoms with Crippen LogP contribution in [0.15, 0.2) is 18.2 Å². The van der Waals surface area contributed by atoms with Gasteiger partial charge in [0.15, 0.2) is 0 Å². The van der Waals surface area contributed by atoms with Crippen LogP contribution >= 0.6 is 0 Å². The summed E-state index contributed by atoms with van der Waals surface area (Å²) in [5.41, 5.74) is 0.506. The number of anilines is 1. The van der Waals surface area contributed by atoms with Gasteiger partial charge in [0.05, 0.1) is 5.56 Å². The number of rotatable bonds is 0. The molecule has 0 saturated heterocycles. The summed E-state index contributed by atoms with van der Waals surface area (Å²) in [4.78, 5) is 0. The van der Waals surface area contributed by atoms with E-state index in [9.17, 15) is 13.2 Å². The van der Waals surface area contributed by atoms with Crippen LogP contribution in [0, 0.1) is 0 Å². The van der Waals surface area contributed by atoms with E-state index >= 15 is 0 Å². The first-order valence-electron chi connectivity index (χ1n) is 4.44. The Morgan fingerprint density at radius 3 is 2.71 bits per heavy atom. The molecule has 0 fully saturated rings. The molecule has 0 aliphatic carbocycles. The van der Waals surface area contributed by atoms with E-state index in [1.165, 1.54) is 6.07 Å². The number of benzene rings is 1. The van der Waals surface area contributed by atoms with Crippen molar-refractivity contribution in [1.82, 2.24) is 0 Å². The van der Waals surface area contributed by atoms with E-state index in [1.807, 2.05) is 6.92 Å². The van der Waals surface area contributed by atoms with Gasteiger partial charge in [-0.25, -0.2) is 0 Å². The molecule has 14 heavy (non-hydrogen) atoms. The fourth-order valence-electron chi connectivity index (χ4n) is 1.83. The Hall–Kier alpha value is -1.19. The SMILES string of the molecule is C[C@H]1Cc2c(cccc2C(F)(F)F)N1. The third-order valence-electron chi connectivity index (χ3n) is 2.39. The van der Waals surface area contributed by atoms with Crippen LogP contribution in [0.1, 0.15) is 18.1 Å². The van der Waals surface area contributed by atoms with Gasteiger partial charge in [-0.3, -0.25) is 0 Å². The number of hydrogen-bond donors (Lipinski definition) is 1. The van der Waals surface area contributed by atoms with Gasteiger partial charge in [0.25, 0.3) is 0 Å². The molecule has 4 heteroatoms. The second kappa shape index (κ2) is 2.90. The lowest BCUT2D eigenvalue weighted by Crippen LogP contribution is -2.10. The summed E-state index contributed by atoms with van der Waals surface area (Å²) in [5, 5.41) is 3.01. The first kappa shape index (κ1) is 9.37. The van der Waals surface area contributed by atoms with Gasteiger partial charge in [-0.15, -0.1) is 0 Å². The fraction of sp³-hybridized carbons (Fsp3) is 0.400. The van der Waals surface area contributed by atoms with Gasteiger partial charge in [0, 0.05) is 11.7 Å². The number of halogens is 3. The van der Waals surface area contributed by atoms with Crippen molar-refractivity contribution in [3.63, 3.8) is 0 Å². The van der Waals surface area contributed by atoms with Crippen LogP contribution in [0.5, 0.6) is 0 Å². The molecule has 0 saturated carbocycles. The third kappa shape index (κ3) is 1.45. The van der Waals surface area contributed by atoms with Crippen LogP contribution in [0.4, 0.5) is 18.9 Å². The lowest BCUT2D eigenvalue weighted by molar-refractivity contribution is -0.138. The Morgan fingerprint density at radius 2 is 2.07 bits per heavy atom. The molecule has 1 N–H and O–H groups in total. The zero-order valence-corrected chi connectivity index (χ0v) is 7.65. The minimum absolute atomic E-state index is 0.0912. The molecule has 1 aromatic rings. The van der Waals surface area contributed by atoms with E-state index in [-0.39, 0.29) is 6.04 Å². The summed E-state index contributed by atoms with van der Waals surface area (Å²) in [6, 6.07) is 4.35. The maximum absolute atomic E-state index is 12.5. The van der Waals surface area contributed by atoms with Gasteiger partial charge < -0.3 is 5.32 Å². The van der Waals surface area contributed by atoms with E-state index < -0.39 is 11.7 Å². The van der Waals surface area contributed by atoms with Gasteiger partial charge in [-0.1, -0.05) is 6.07 Å². The minimum Gasteiger partial charge on any atom is -0.382 e. The van der Waals surface area contributed by atoms with Crippen molar-refractivity contribution in [3.05, 3.63) is 29.3 Å². The van der Waals surface area contributed by atoms with Crippen LogP contribution in [0.25, 0.3) is 0 Å². The molecule has 76 valence electrons. The Kier molecular flexibility index (Phi) is 1.94. The minimum atomic E-state index is -4.24. The molecule has 1 nitrogen and oxygen atoms in total. The van der Waals surface area contributed by atoms with Crippen molar-refractivity contribution in [2.24, 2.45) is 0 Å². The number of nitrogens with one attached hydrogen (secondary N) is 1. The standard InChI is InChI=1S/C10H10F3N/c1-6-5-7-8(10(11,12)13)3-2-4-9(7)14-6/h2-4,6,14H,5H2,1H3/t6-/m0/s1. The van der Waals surface area contributed by atoms with Gasteiger partial charge in [0.2, 0.25) is 0 Å². The lowest BCUT2D eigenvalue weighted by atomic mass is 10.0. The zero-order valence-electron chi connectivity index (χ0n) is 7.65. The van der Waals surface area contributed by atoms with Crippen LogP contribution in [-0.2, 0) is 12.6 Å². The lowest BCUT2D eigenvalue weighted by Gasteiger charge is -2.10. The molecule has 2 rings (SSSR count). The summed E-state index contributed by atoms with van der Waals surface area (Å²) in [5.74, 6) is 0. The molecule has 1 atom stereocenters. The van der Waals surface area contributed by atoms with Gasteiger partial charge >= 0.3 is 6.18 Å². The Balaban J connectivity index is 2.50. The number of hydrogen-bond acceptors (Lipinski definition) is 1. The molecular formula is C10H10F3N. The predicted molar refractivity (Wildman–Crippen MR) is 48.2 cm³/mol. The van der Waals surface area contributed by atoms with Gasteiger partial charge in [-0.2, -0.15) is 13.2 Å². The Labute approximate surface area is 79.9 Å². The predicted octanol–water partition coefficient (Wildman–Crippen LogP) is 3.06. The van der Waals surface area contributed by atoms with Crippen molar-refractivity contribution in [1.29, 1.82) is 0 Å². The highest BCUT2D eigenvalue weighted by Gasteiger charge is 2.36. The second-order valence-electron chi connectivity index (χ2n) is 3.58. The average Bonchev–Trinajstić information content (AvgIpc) is 2.41. The van der Waals surface area contributed by atoms with Gasteiger partial charge in [0.1, 0.15) is 0 Å². The molecule has 1 aliphatic rings. The summed E-state index contributed by atoms with van der Waals surface area (Å²) >= 11 is 0. The monoisotopic (exact) mass is 201 g/mol. The van der Waals surface area contributed by atoms with Crippen molar-refractivity contribution in [3.8, 4) is 0 Å². The highest BCUT2D eigenvalue weighted by Crippen LogP contribution is 2.38. The van der Waals surface area contributed by atoms with E-state index in [0.717, 1.165) is 6.07 Å². The molecule has 1 aliphatic heterocycles. The van der Waals surface area contributed by atoms with Gasteiger partial charge in [-0.05, 0) is 31.0 Å². The summed E-state index contributed by atoms with van der Waals surface area (Å²) in [6.45, 7) is 1.88. The van der Waals surface area contributed by atoms with Crippen molar-refractivity contribution in [2.45, 2.75) is 25.6 Å². The molecule has 0 unspecified atom stereocenters. The molecule has 0 radical (unpaired) electrons. The highest BCUT2D eigenvalue weighted by molar-refractivity contribution is 5.60. The summed E-state index contributed by atoms with van der Waals surface area (Å²) in [7, 11) is 0. The van der Waals surface area contributed by atoms with Crippen LogP contribution in [-0.4, -0.2) is 6.04 Å². The smallest absolute Gasteiger partial charge is 0.382 e. The fourth-order valence-corrected chi connectivity index (χ4v) is 1.83. The molecular weight excluding hydrogens is 191 g/mol. The molecule has 0 aromatic heterocycles. The zero-order chi connectivity index (χ0) is 10.3. The molecule has 1 heterocycles. The van der Waals surface area contributed by atoms with E-state index in [0.29, 0.717) is 17.7 Å². The van der Waals surface area contributed by atoms with Crippen LogP contribution in [0.2, 0.25) is 0 Å². The van der Waals surface area contributed by atoms with Crippen LogP contribution in [0.3, 0.4) is 0 Å². The average molecular weight is 201 g/mol. The Bertz CT molecular complexity index is 357. The first-order valence-corrected chi connectivity index (χ1v) is 4.44. The third-order valence-corrected chi connectivity index (χ3v) is 2.39. The quantitative estimate of drug-likeness (QED) is 0.680. The maximum atomic E-state index is 12.5. The molecule has 0 bridgehead atoms. The number of alkyl halides is 3. The molecule has 0 spiro atoms. The number of fused-ring (bicyclic) bond motifs is 1. The maximum Gasteiger partial charge on any atom is 0.416 e. The van der Waals surface area contributed by atoms with Crippen molar-refractivity contribution in [2.75, 3.05) is 5.32 Å². The summed E-state index contributed by atoms with van der Waals surface area (Å²) in [6.07, 6.45) is -3.79. The van der Waals surface area contributed by atoms with Crippen LogP contribution < -0.4 is 5.32 Å².